The number of nitrogens with one attached hydrogen (secondary N) is 1. The lowest BCUT2D eigenvalue weighted by Gasteiger charge is -2.20. The van der Waals surface area contributed by atoms with E-state index in [1.165, 1.54) is 6.92 Å². The molecule has 1 aliphatic rings. The van der Waals surface area contributed by atoms with Gasteiger partial charge in [0.05, 0.1) is 0 Å². The topological polar surface area (TPSA) is 153 Å². The van der Waals surface area contributed by atoms with Crippen molar-refractivity contribution in [2.45, 2.75) is 31.1 Å². The highest BCUT2D eigenvalue weighted by Crippen LogP contribution is 2.37. The zero-order valence-corrected chi connectivity index (χ0v) is 9.79. The maximum atomic E-state index is 11.6. The molecule has 0 aliphatic carbocycles. The van der Waals surface area contributed by atoms with Gasteiger partial charge >= 0.3 is 5.69 Å². The zero-order chi connectivity index (χ0) is 14.2. The van der Waals surface area contributed by atoms with Crippen LogP contribution in [-0.2, 0) is 4.74 Å². The molecule has 0 amide bonds. The highest BCUT2D eigenvalue weighted by Gasteiger charge is 2.52. The first-order valence-corrected chi connectivity index (χ1v) is 5.31. The van der Waals surface area contributed by atoms with Gasteiger partial charge < -0.3 is 14.9 Å². The minimum atomic E-state index is -1.70. The first-order chi connectivity index (χ1) is 8.89. The molecule has 10 nitrogen and oxygen atoms in total. The molecule has 3 N–H and O–H groups in total. The number of aliphatic hydroxyl groups excluding tert-OH is 2. The normalized spacial score (nSPS) is 33.9. The van der Waals surface area contributed by atoms with Crippen molar-refractivity contribution in [3.8, 4) is 0 Å². The average molecular weight is 269 g/mol. The van der Waals surface area contributed by atoms with Gasteiger partial charge in [-0.2, -0.15) is 0 Å². The smallest absolute Gasteiger partial charge is 0.330 e. The van der Waals surface area contributed by atoms with Gasteiger partial charge in [0, 0.05) is 17.2 Å². The summed E-state index contributed by atoms with van der Waals surface area (Å²) in [5, 5.41) is 22.9. The number of hydrogen-bond donors (Lipinski definition) is 3. The molecule has 4 atom stereocenters. The Bertz CT molecular complexity index is 647. The first kappa shape index (κ1) is 13.3. The molecule has 1 aliphatic heterocycles. The van der Waals surface area contributed by atoms with Gasteiger partial charge in [0.25, 0.3) is 5.56 Å². The summed E-state index contributed by atoms with van der Waals surface area (Å²) in [6, 6.07) is 1.06. The van der Waals surface area contributed by atoms with Crippen LogP contribution in [0.25, 0.3) is 10.4 Å². The van der Waals surface area contributed by atoms with Gasteiger partial charge in [-0.1, -0.05) is 5.11 Å². The fourth-order valence-corrected chi connectivity index (χ4v) is 1.88. The number of aliphatic hydroxyl groups is 2. The number of aromatic amines is 1. The summed E-state index contributed by atoms with van der Waals surface area (Å²) in [5.74, 6) is 0. The third-order valence-electron chi connectivity index (χ3n) is 2.89. The molecule has 2 heterocycles. The Hall–Kier alpha value is -2.13. The summed E-state index contributed by atoms with van der Waals surface area (Å²) < 4.78 is 6.14. The van der Waals surface area contributed by atoms with Gasteiger partial charge in [0.2, 0.25) is 0 Å². The van der Waals surface area contributed by atoms with E-state index in [-0.39, 0.29) is 0 Å². The molecular formula is C9H11N5O5. The number of rotatable bonds is 2. The summed E-state index contributed by atoms with van der Waals surface area (Å²) in [6.45, 7) is 1.28. The van der Waals surface area contributed by atoms with E-state index >= 15 is 0 Å². The van der Waals surface area contributed by atoms with Crippen LogP contribution in [0.3, 0.4) is 0 Å². The molecule has 0 radical (unpaired) electrons. The van der Waals surface area contributed by atoms with Gasteiger partial charge in [-0.25, -0.2) is 4.79 Å². The molecule has 0 aromatic carbocycles. The molecule has 1 aromatic heterocycles. The second-order valence-corrected chi connectivity index (χ2v) is 4.21. The van der Waals surface area contributed by atoms with Crippen molar-refractivity contribution in [3.05, 3.63) is 43.5 Å². The van der Waals surface area contributed by atoms with Crippen LogP contribution in [0, 0.1) is 0 Å². The minimum Gasteiger partial charge on any atom is -0.387 e. The highest BCUT2D eigenvalue weighted by atomic mass is 16.6. The number of H-pyrrole nitrogens is 1. The van der Waals surface area contributed by atoms with Crippen LogP contribution in [-0.4, -0.2) is 37.7 Å². The fraction of sp³-hybridized carbons (Fsp3) is 0.556. The quantitative estimate of drug-likeness (QED) is 0.350. The van der Waals surface area contributed by atoms with Crippen LogP contribution >= 0.6 is 0 Å². The molecule has 2 rings (SSSR count). The molecule has 10 heteroatoms. The Morgan fingerprint density at radius 2 is 2.26 bits per heavy atom. The summed E-state index contributed by atoms with van der Waals surface area (Å²) in [6.07, 6.45) is -3.15. The van der Waals surface area contributed by atoms with Crippen molar-refractivity contribution in [3.63, 3.8) is 0 Å². The minimum absolute atomic E-state index is 0.605. The summed E-state index contributed by atoms with van der Waals surface area (Å²) >= 11 is 0. The SMILES string of the molecule is C[C@]1(N=[N+]=[N-])O[C@@H](n2ccc(=O)[nH]c2=O)[C@H](O)[C@@H]1O. The van der Waals surface area contributed by atoms with Crippen molar-refractivity contribution < 1.29 is 14.9 Å². The predicted molar refractivity (Wildman–Crippen MR) is 61.0 cm³/mol. The van der Waals surface area contributed by atoms with Gasteiger partial charge in [-0.05, 0) is 12.5 Å². The van der Waals surface area contributed by atoms with Crippen molar-refractivity contribution in [2.24, 2.45) is 5.11 Å². The molecule has 0 spiro atoms. The second kappa shape index (κ2) is 4.52. The van der Waals surface area contributed by atoms with Gasteiger partial charge in [0.15, 0.2) is 12.0 Å². The van der Waals surface area contributed by atoms with E-state index in [0.717, 1.165) is 16.8 Å². The summed E-state index contributed by atoms with van der Waals surface area (Å²) in [4.78, 5) is 27.0. The van der Waals surface area contributed by atoms with E-state index in [1.54, 1.807) is 0 Å². The Balaban J connectivity index is 2.45. The van der Waals surface area contributed by atoms with Crippen LogP contribution in [0.2, 0.25) is 0 Å². The van der Waals surface area contributed by atoms with Crippen LogP contribution in [0.5, 0.6) is 0 Å². The Kier molecular flexibility index (Phi) is 3.16. The lowest BCUT2D eigenvalue weighted by molar-refractivity contribution is -0.0900. The standard InChI is InChI=1S/C9H11N5O5/c1-9(12-13-10)6(17)5(16)7(19-9)14-3-2-4(15)11-8(14)18/h2-3,5-7,16-17H,1H3,(H,11,15,18)/t5-,6+,7-,9+/m1/s1. The van der Waals surface area contributed by atoms with Gasteiger partial charge in [-0.15, -0.1) is 0 Å². The molecule has 0 bridgehead atoms. The van der Waals surface area contributed by atoms with Crippen molar-refractivity contribution in [2.75, 3.05) is 0 Å². The van der Waals surface area contributed by atoms with E-state index < -0.39 is 35.4 Å². The van der Waals surface area contributed by atoms with E-state index in [1.807, 2.05) is 4.98 Å². The number of hydrogen-bond acceptors (Lipinski definition) is 6. The molecule has 0 saturated carbocycles. The molecule has 0 unspecified atom stereocenters. The molecule has 102 valence electrons. The van der Waals surface area contributed by atoms with Crippen LogP contribution in [0.15, 0.2) is 27.0 Å². The van der Waals surface area contributed by atoms with Crippen LogP contribution in [0.1, 0.15) is 13.2 Å². The Morgan fingerprint density at radius 3 is 2.84 bits per heavy atom. The second-order valence-electron chi connectivity index (χ2n) is 4.21. The number of azide groups is 1. The Labute approximate surface area is 105 Å². The van der Waals surface area contributed by atoms with E-state index in [2.05, 4.69) is 10.0 Å². The summed E-state index contributed by atoms with van der Waals surface area (Å²) in [7, 11) is 0. The zero-order valence-electron chi connectivity index (χ0n) is 9.79. The number of ether oxygens (including phenoxy) is 1. The maximum absolute atomic E-state index is 11.6. The lowest BCUT2D eigenvalue weighted by atomic mass is 10.1. The highest BCUT2D eigenvalue weighted by molar-refractivity contribution is 4.98. The van der Waals surface area contributed by atoms with Gasteiger partial charge in [0.1, 0.15) is 12.2 Å². The van der Waals surface area contributed by atoms with E-state index in [9.17, 15) is 19.8 Å². The van der Waals surface area contributed by atoms with E-state index in [0.29, 0.717) is 0 Å². The van der Waals surface area contributed by atoms with Crippen LogP contribution in [0.4, 0.5) is 0 Å². The predicted octanol–water partition coefficient (Wildman–Crippen LogP) is -1.19. The third kappa shape index (κ3) is 2.13. The van der Waals surface area contributed by atoms with Crippen molar-refractivity contribution in [1.82, 2.24) is 9.55 Å². The fourth-order valence-electron chi connectivity index (χ4n) is 1.88. The van der Waals surface area contributed by atoms with E-state index in [4.69, 9.17) is 10.3 Å². The molecule has 1 saturated heterocycles. The number of nitrogens with zero attached hydrogens (tertiary/aromatic N) is 4. The van der Waals surface area contributed by atoms with Gasteiger partial charge in [-0.3, -0.25) is 14.3 Å². The lowest BCUT2D eigenvalue weighted by Crippen LogP contribution is -2.39. The van der Waals surface area contributed by atoms with Crippen molar-refractivity contribution >= 4 is 0 Å². The van der Waals surface area contributed by atoms with Crippen LogP contribution < -0.4 is 11.2 Å². The largest absolute Gasteiger partial charge is 0.387 e. The Morgan fingerprint density at radius 1 is 1.58 bits per heavy atom. The monoisotopic (exact) mass is 269 g/mol. The average Bonchev–Trinajstić information content (AvgIpc) is 2.55. The maximum Gasteiger partial charge on any atom is 0.330 e. The molecule has 1 fully saturated rings. The summed E-state index contributed by atoms with van der Waals surface area (Å²) in [5.41, 5.74) is 5.30. The molecular weight excluding hydrogens is 258 g/mol. The molecule has 19 heavy (non-hydrogen) atoms. The number of aromatic nitrogens is 2. The third-order valence-corrected chi connectivity index (χ3v) is 2.89. The first-order valence-electron chi connectivity index (χ1n) is 5.31. The molecule has 1 aromatic rings. The van der Waals surface area contributed by atoms with Crippen molar-refractivity contribution in [1.29, 1.82) is 0 Å².